The monoisotopic (exact) mass is 318 g/mol. The third kappa shape index (κ3) is 5.00. The highest BCUT2D eigenvalue weighted by molar-refractivity contribution is 6.39. The highest BCUT2D eigenvalue weighted by Gasteiger charge is 2.15. The number of anilines is 1. The van der Waals surface area contributed by atoms with Crippen molar-refractivity contribution < 1.29 is 14.3 Å². The Morgan fingerprint density at radius 1 is 1.30 bits per heavy atom. The lowest BCUT2D eigenvalue weighted by Gasteiger charge is -2.13. The predicted octanol–water partition coefficient (Wildman–Crippen LogP) is 2.47. The predicted molar refractivity (Wildman–Crippen MR) is 79.2 cm³/mol. The van der Waals surface area contributed by atoms with Gasteiger partial charge in [-0.15, -0.1) is 0 Å². The number of hydrogen-bond donors (Lipinski definition) is 2. The average molecular weight is 319 g/mol. The van der Waals surface area contributed by atoms with Crippen molar-refractivity contribution in [1.82, 2.24) is 5.32 Å². The molecule has 1 rings (SSSR count). The van der Waals surface area contributed by atoms with Crippen LogP contribution >= 0.6 is 23.2 Å². The zero-order valence-corrected chi connectivity index (χ0v) is 12.7. The van der Waals surface area contributed by atoms with E-state index in [1.54, 1.807) is 32.0 Å². The van der Waals surface area contributed by atoms with Crippen molar-refractivity contribution in [3.63, 3.8) is 0 Å². The van der Waals surface area contributed by atoms with Gasteiger partial charge in [0.2, 0.25) is 5.91 Å². The lowest BCUT2D eigenvalue weighted by Crippen LogP contribution is -2.40. The topological polar surface area (TPSA) is 67.4 Å². The Hall–Kier alpha value is -1.30. The molecule has 0 aliphatic rings. The Balaban J connectivity index is 2.50. The maximum Gasteiger partial charge on any atom is 0.322 e. The number of halogens is 2. The molecule has 0 saturated carbocycles. The van der Waals surface area contributed by atoms with Gasteiger partial charge in [0.1, 0.15) is 6.04 Å². The highest BCUT2D eigenvalue weighted by atomic mass is 35.5. The van der Waals surface area contributed by atoms with Crippen LogP contribution in [-0.2, 0) is 14.3 Å². The molecule has 7 heteroatoms. The minimum absolute atomic E-state index is 0.0540. The van der Waals surface area contributed by atoms with Crippen LogP contribution in [0.1, 0.15) is 13.8 Å². The molecule has 0 heterocycles. The summed E-state index contributed by atoms with van der Waals surface area (Å²) < 4.78 is 4.82. The highest BCUT2D eigenvalue weighted by Crippen LogP contribution is 2.29. The molecule has 0 aliphatic heterocycles. The molecule has 1 aromatic rings. The largest absolute Gasteiger partial charge is 0.465 e. The SMILES string of the molecule is CCOC(=O)C(C)NCC(=O)Nc1c(Cl)cccc1Cl. The molecule has 0 fully saturated rings. The number of benzene rings is 1. The van der Waals surface area contributed by atoms with E-state index in [-0.39, 0.29) is 12.5 Å². The van der Waals surface area contributed by atoms with Crippen LogP contribution in [0.4, 0.5) is 5.69 Å². The maximum absolute atomic E-state index is 11.8. The fourth-order valence-electron chi connectivity index (χ4n) is 1.40. The van der Waals surface area contributed by atoms with Crippen molar-refractivity contribution in [2.75, 3.05) is 18.5 Å². The molecule has 110 valence electrons. The number of hydrogen-bond acceptors (Lipinski definition) is 4. The van der Waals surface area contributed by atoms with Crippen LogP contribution in [0, 0.1) is 0 Å². The molecule has 0 aliphatic carbocycles. The Bertz CT molecular complexity index is 474. The van der Waals surface area contributed by atoms with Gasteiger partial charge in [-0.3, -0.25) is 14.9 Å². The Morgan fingerprint density at radius 2 is 1.90 bits per heavy atom. The van der Waals surface area contributed by atoms with Gasteiger partial charge < -0.3 is 10.1 Å². The van der Waals surface area contributed by atoms with Gasteiger partial charge >= 0.3 is 5.97 Å². The number of rotatable bonds is 6. The van der Waals surface area contributed by atoms with E-state index in [1.807, 2.05) is 0 Å². The second-order valence-electron chi connectivity index (χ2n) is 4.00. The summed E-state index contributed by atoms with van der Waals surface area (Å²) in [5.74, 6) is -0.757. The van der Waals surface area contributed by atoms with Crippen molar-refractivity contribution in [3.8, 4) is 0 Å². The van der Waals surface area contributed by atoms with Gasteiger partial charge in [-0.05, 0) is 26.0 Å². The van der Waals surface area contributed by atoms with Crippen LogP contribution < -0.4 is 10.6 Å². The number of para-hydroxylation sites is 1. The molecule has 1 atom stereocenters. The second kappa shape index (κ2) is 8.09. The number of carbonyl (C=O) groups excluding carboxylic acids is 2. The van der Waals surface area contributed by atoms with E-state index in [4.69, 9.17) is 27.9 Å². The first-order chi connectivity index (χ1) is 9.45. The van der Waals surface area contributed by atoms with Gasteiger partial charge in [-0.2, -0.15) is 0 Å². The minimum atomic E-state index is -0.567. The van der Waals surface area contributed by atoms with Crippen molar-refractivity contribution in [3.05, 3.63) is 28.2 Å². The van der Waals surface area contributed by atoms with Crippen LogP contribution in [0.5, 0.6) is 0 Å². The van der Waals surface area contributed by atoms with Crippen molar-refractivity contribution in [2.24, 2.45) is 0 Å². The molecule has 20 heavy (non-hydrogen) atoms. The van der Waals surface area contributed by atoms with Gasteiger partial charge in [0.25, 0.3) is 0 Å². The zero-order chi connectivity index (χ0) is 15.1. The molecule has 0 radical (unpaired) electrons. The molecule has 1 aromatic carbocycles. The summed E-state index contributed by atoms with van der Waals surface area (Å²) in [7, 11) is 0. The summed E-state index contributed by atoms with van der Waals surface area (Å²) in [6.45, 7) is 3.58. The van der Waals surface area contributed by atoms with E-state index in [0.717, 1.165) is 0 Å². The summed E-state index contributed by atoms with van der Waals surface area (Å²) >= 11 is 11.9. The van der Waals surface area contributed by atoms with Crippen molar-refractivity contribution in [2.45, 2.75) is 19.9 Å². The molecule has 5 nitrogen and oxygen atoms in total. The number of amides is 1. The van der Waals surface area contributed by atoms with Crippen LogP contribution in [-0.4, -0.2) is 31.1 Å². The molecule has 1 unspecified atom stereocenters. The van der Waals surface area contributed by atoms with E-state index >= 15 is 0 Å². The quantitative estimate of drug-likeness (QED) is 0.791. The summed E-state index contributed by atoms with van der Waals surface area (Å²) in [6, 6.07) is 4.36. The molecular weight excluding hydrogens is 303 g/mol. The Labute approximate surface area is 127 Å². The second-order valence-corrected chi connectivity index (χ2v) is 4.81. The van der Waals surface area contributed by atoms with Gasteiger partial charge in [0.05, 0.1) is 28.9 Å². The number of carbonyl (C=O) groups is 2. The third-order valence-corrected chi connectivity index (χ3v) is 3.07. The van der Waals surface area contributed by atoms with E-state index in [9.17, 15) is 9.59 Å². The van der Waals surface area contributed by atoms with Gasteiger partial charge in [0, 0.05) is 0 Å². The van der Waals surface area contributed by atoms with Crippen molar-refractivity contribution in [1.29, 1.82) is 0 Å². The summed E-state index contributed by atoms with van der Waals surface area (Å²) in [5.41, 5.74) is 0.353. The first kappa shape index (κ1) is 16.8. The summed E-state index contributed by atoms with van der Waals surface area (Å²) in [4.78, 5) is 23.1. The fourth-order valence-corrected chi connectivity index (χ4v) is 1.89. The van der Waals surface area contributed by atoms with Crippen LogP contribution in [0.2, 0.25) is 10.0 Å². The summed E-state index contributed by atoms with van der Waals surface area (Å²) in [6.07, 6.45) is 0. The molecular formula is C13H16Cl2N2O3. The summed E-state index contributed by atoms with van der Waals surface area (Å²) in [5, 5.41) is 6.04. The van der Waals surface area contributed by atoms with Crippen LogP contribution in [0.15, 0.2) is 18.2 Å². The van der Waals surface area contributed by atoms with Gasteiger partial charge in [0.15, 0.2) is 0 Å². The lowest BCUT2D eigenvalue weighted by atomic mass is 10.3. The maximum atomic E-state index is 11.8. The minimum Gasteiger partial charge on any atom is -0.465 e. The smallest absolute Gasteiger partial charge is 0.322 e. The Morgan fingerprint density at radius 3 is 2.45 bits per heavy atom. The normalized spacial score (nSPS) is 11.8. The molecule has 0 bridgehead atoms. The van der Waals surface area contributed by atoms with Gasteiger partial charge in [-0.1, -0.05) is 29.3 Å². The van der Waals surface area contributed by atoms with Crippen molar-refractivity contribution >= 4 is 40.8 Å². The standard InChI is InChI=1S/C13H16Cl2N2O3/c1-3-20-13(19)8(2)16-7-11(18)17-12-9(14)5-4-6-10(12)15/h4-6,8,16H,3,7H2,1-2H3,(H,17,18). The van der Waals surface area contributed by atoms with Crippen LogP contribution in [0.25, 0.3) is 0 Å². The lowest BCUT2D eigenvalue weighted by molar-refractivity contribution is -0.145. The van der Waals surface area contributed by atoms with Gasteiger partial charge in [-0.25, -0.2) is 0 Å². The number of ether oxygens (including phenoxy) is 1. The molecule has 0 aromatic heterocycles. The zero-order valence-electron chi connectivity index (χ0n) is 11.2. The van der Waals surface area contributed by atoms with E-state index in [2.05, 4.69) is 10.6 Å². The third-order valence-electron chi connectivity index (χ3n) is 2.44. The molecule has 1 amide bonds. The first-order valence-electron chi connectivity index (χ1n) is 6.09. The van der Waals surface area contributed by atoms with E-state index < -0.39 is 12.0 Å². The van der Waals surface area contributed by atoms with E-state index in [0.29, 0.717) is 22.3 Å². The number of esters is 1. The fraction of sp³-hybridized carbons (Fsp3) is 0.385. The molecule has 2 N–H and O–H groups in total. The first-order valence-corrected chi connectivity index (χ1v) is 6.85. The Kier molecular flexibility index (Phi) is 6.78. The molecule has 0 saturated heterocycles. The van der Waals surface area contributed by atoms with E-state index in [1.165, 1.54) is 0 Å². The molecule has 0 spiro atoms. The average Bonchev–Trinajstić information content (AvgIpc) is 2.40. The number of nitrogens with one attached hydrogen (secondary N) is 2. The van der Waals surface area contributed by atoms with Crippen LogP contribution in [0.3, 0.4) is 0 Å².